The molecule has 20 heavy (non-hydrogen) atoms. The summed E-state index contributed by atoms with van der Waals surface area (Å²) in [6, 6.07) is 11.4. The average Bonchev–Trinajstić information content (AvgIpc) is 3.00. The van der Waals surface area contributed by atoms with Gasteiger partial charge in [-0.05, 0) is 42.0 Å². The van der Waals surface area contributed by atoms with Crippen molar-refractivity contribution < 1.29 is 14.6 Å². The molecule has 4 heteroatoms. The van der Waals surface area contributed by atoms with Gasteiger partial charge >= 0.3 is 0 Å². The van der Waals surface area contributed by atoms with Crippen LogP contribution >= 0.6 is 11.3 Å². The first-order valence-electron chi connectivity index (χ1n) is 6.69. The van der Waals surface area contributed by atoms with Crippen LogP contribution in [0.25, 0.3) is 0 Å². The normalized spacial score (nSPS) is 10.4. The molecule has 1 aromatic heterocycles. The van der Waals surface area contributed by atoms with Crippen molar-refractivity contribution in [2.45, 2.75) is 19.3 Å². The van der Waals surface area contributed by atoms with Crippen molar-refractivity contribution in [1.82, 2.24) is 0 Å². The summed E-state index contributed by atoms with van der Waals surface area (Å²) in [5, 5.41) is 10.7. The molecule has 0 fully saturated rings. The first kappa shape index (κ1) is 14.8. The van der Waals surface area contributed by atoms with E-state index in [1.165, 1.54) is 11.3 Å². The second-order valence-electron chi connectivity index (χ2n) is 4.47. The molecule has 0 spiro atoms. The molecule has 3 nitrogen and oxygen atoms in total. The van der Waals surface area contributed by atoms with Gasteiger partial charge in [0.25, 0.3) is 0 Å². The molecule has 1 N–H and O–H groups in total. The number of carbonyl (C=O) groups is 1. The first-order valence-corrected chi connectivity index (χ1v) is 7.57. The zero-order valence-electron chi connectivity index (χ0n) is 11.2. The lowest BCUT2D eigenvalue weighted by Gasteiger charge is -2.06. The van der Waals surface area contributed by atoms with E-state index in [2.05, 4.69) is 0 Å². The van der Waals surface area contributed by atoms with Gasteiger partial charge in [0, 0.05) is 13.0 Å². The second-order valence-corrected chi connectivity index (χ2v) is 5.42. The molecule has 1 heterocycles. The van der Waals surface area contributed by atoms with Gasteiger partial charge in [-0.25, -0.2) is 0 Å². The predicted molar refractivity (Wildman–Crippen MR) is 80.6 cm³/mol. The van der Waals surface area contributed by atoms with E-state index in [1.54, 1.807) is 0 Å². The largest absolute Gasteiger partial charge is 0.494 e. The van der Waals surface area contributed by atoms with Crippen LogP contribution in [0.15, 0.2) is 41.8 Å². The van der Waals surface area contributed by atoms with E-state index in [-0.39, 0.29) is 12.4 Å². The van der Waals surface area contributed by atoms with Crippen LogP contribution in [0.4, 0.5) is 0 Å². The smallest absolute Gasteiger partial charge is 0.172 e. The summed E-state index contributed by atoms with van der Waals surface area (Å²) in [6.45, 7) is 0.696. The van der Waals surface area contributed by atoms with Crippen LogP contribution < -0.4 is 4.74 Å². The van der Waals surface area contributed by atoms with Gasteiger partial charge < -0.3 is 9.84 Å². The van der Waals surface area contributed by atoms with Gasteiger partial charge in [-0.3, -0.25) is 4.79 Å². The van der Waals surface area contributed by atoms with Gasteiger partial charge in [0.15, 0.2) is 5.78 Å². The molecular formula is C16H18O3S. The highest BCUT2D eigenvalue weighted by Crippen LogP contribution is 2.15. The highest BCUT2D eigenvalue weighted by Gasteiger charge is 2.06. The van der Waals surface area contributed by atoms with Crippen LogP contribution in [0.5, 0.6) is 5.75 Å². The number of hydrogen-bond acceptors (Lipinski definition) is 4. The van der Waals surface area contributed by atoms with Crippen molar-refractivity contribution in [2.75, 3.05) is 13.2 Å². The number of hydrogen-bond donors (Lipinski definition) is 1. The molecule has 0 radical (unpaired) electrons. The lowest BCUT2D eigenvalue weighted by atomic mass is 10.1. The van der Waals surface area contributed by atoms with E-state index in [0.29, 0.717) is 19.4 Å². The Kier molecular flexibility index (Phi) is 5.77. The molecule has 2 aromatic rings. The maximum atomic E-state index is 11.8. The van der Waals surface area contributed by atoms with Crippen LogP contribution in [0, 0.1) is 0 Å². The minimum Gasteiger partial charge on any atom is -0.494 e. The summed E-state index contributed by atoms with van der Waals surface area (Å²) < 4.78 is 5.60. The molecule has 0 amide bonds. The van der Waals surface area contributed by atoms with Crippen LogP contribution in [0.1, 0.15) is 28.1 Å². The van der Waals surface area contributed by atoms with Crippen molar-refractivity contribution in [1.29, 1.82) is 0 Å². The summed E-state index contributed by atoms with van der Waals surface area (Å²) in [4.78, 5) is 12.6. The molecule has 0 aliphatic rings. The molecule has 0 saturated heterocycles. The van der Waals surface area contributed by atoms with Crippen molar-refractivity contribution >= 4 is 17.1 Å². The summed E-state index contributed by atoms with van der Waals surface area (Å²) >= 11 is 1.48. The van der Waals surface area contributed by atoms with Crippen molar-refractivity contribution in [2.24, 2.45) is 0 Å². The Morgan fingerprint density at radius 1 is 1.20 bits per heavy atom. The molecule has 106 valence electrons. The predicted octanol–water partition coefficient (Wildman–Crippen LogP) is 3.32. The van der Waals surface area contributed by atoms with Gasteiger partial charge in [0.2, 0.25) is 0 Å². The fourth-order valence-electron chi connectivity index (χ4n) is 1.86. The number of ether oxygens (including phenoxy) is 1. The highest BCUT2D eigenvalue weighted by atomic mass is 32.1. The van der Waals surface area contributed by atoms with Crippen molar-refractivity contribution in [3.8, 4) is 5.75 Å². The molecule has 0 saturated carbocycles. The Balaban J connectivity index is 1.69. The third kappa shape index (κ3) is 4.47. The van der Waals surface area contributed by atoms with Crippen LogP contribution in [0.3, 0.4) is 0 Å². The summed E-state index contributed by atoms with van der Waals surface area (Å²) in [6.07, 6.45) is 1.90. The van der Waals surface area contributed by atoms with Crippen LogP contribution in [-0.4, -0.2) is 24.1 Å². The Morgan fingerprint density at radius 2 is 2.00 bits per heavy atom. The topological polar surface area (TPSA) is 46.5 Å². The van der Waals surface area contributed by atoms with E-state index in [0.717, 1.165) is 22.6 Å². The number of ketones is 1. The van der Waals surface area contributed by atoms with Crippen LogP contribution in [-0.2, 0) is 6.42 Å². The van der Waals surface area contributed by atoms with E-state index in [4.69, 9.17) is 9.84 Å². The van der Waals surface area contributed by atoms with Gasteiger partial charge in [0.1, 0.15) is 5.75 Å². The molecule has 2 rings (SSSR count). The van der Waals surface area contributed by atoms with Gasteiger partial charge in [-0.2, -0.15) is 0 Å². The molecule has 0 aliphatic heterocycles. The number of aliphatic hydroxyl groups is 1. The Morgan fingerprint density at radius 3 is 2.65 bits per heavy atom. The van der Waals surface area contributed by atoms with Gasteiger partial charge in [-0.1, -0.05) is 18.2 Å². The van der Waals surface area contributed by atoms with Gasteiger partial charge in [-0.15, -0.1) is 11.3 Å². The molecule has 1 aromatic carbocycles. The van der Waals surface area contributed by atoms with Gasteiger partial charge in [0.05, 0.1) is 11.5 Å². The maximum Gasteiger partial charge on any atom is 0.172 e. The highest BCUT2D eigenvalue weighted by molar-refractivity contribution is 7.12. The van der Waals surface area contributed by atoms with Crippen LogP contribution in [0.2, 0.25) is 0 Å². The van der Waals surface area contributed by atoms with E-state index in [1.807, 2.05) is 41.8 Å². The Bertz CT molecular complexity index is 517. The number of rotatable bonds is 8. The Labute approximate surface area is 122 Å². The fraction of sp³-hybridized carbons (Fsp3) is 0.312. The number of aliphatic hydroxyl groups excluding tert-OH is 1. The third-order valence-electron chi connectivity index (χ3n) is 2.94. The molecule has 0 aliphatic carbocycles. The minimum absolute atomic E-state index is 0.158. The zero-order chi connectivity index (χ0) is 14.2. The number of thiophene rings is 1. The van der Waals surface area contributed by atoms with E-state index in [9.17, 15) is 4.79 Å². The quantitative estimate of drug-likeness (QED) is 0.599. The Hall–Kier alpha value is -1.65. The molecular weight excluding hydrogens is 272 g/mol. The summed E-state index contributed by atoms with van der Waals surface area (Å²) in [5.74, 6) is 0.983. The first-order chi connectivity index (χ1) is 9.79. The molecule has 0 atom stereocenters. The van der Waals surface area contributed by atoms with Crippen molar-refractivity contribution in [3.05, 3.63) is 52.2 Å². The third-order valence-corrected chi connectivity index (χ3v) is 3.85. The molecule has 0 unspecified atom stereocenters. The zero-order valence-corrected chi connectivity index (χ0v) is 12.1. The minimum atomic E-state index is 0.158. The lowest BCUT2D eigenvalue weighted by molar-refractivity contribution is 0.0977. The summed E-state index contributed by atoms with van der Waals surface area (Å²) in [7, 11) is 0. The number of carbonyl (C=O) groups excluding carboxylic acids is 1. The number of Topliss-reactive ketones (excluding diaryl/α,β-unsaturated/α-hetero) is 1. The SMILES string of the molecule is O=C(CCCOc1ccc(CCO)cc1)c1cccs1. The van der Waals surface area contributed by atoms with Crippen molar-refractivity contribution in [3.63, 3.8) is 0 Å². The number of benzene rings is 1. The standard InChI is InChI=1S/C16H18O3S/c17-10-9-13-5-7-14(8-6-13)19-11-1-3-15(18)16-4-2-12-20-16/h2,4-8,12,17H,1,3,9-11H2. The lowest BCUT2D eigenvalue weighted by Crippen LogP contribution is -2.02. The van der Waals surface area contributed by atoms with E-state index < -0.39 is 0 Å². The summed E-state index contributed by atoms with van der Waals surface area (Å²) in [5.41, 5.74) is 1.09. The maximum absolute atomic E-state index is 11.8. The second kappa shape index (κ2) is 7.82. The van der Waals surface area contributed by atoms with E-state index >= 15 is 0 Å². The fourth-order valence-corrected chi connectivity index (χ4v) is 2.56. The molecule has 0 bridgehead atoms. The monoisotopic (exact) mass is 290 g/mol. The average molecular weight is 290 g/mol.